The van der Waals surface area contributed by atoms with Crippen molar-refractivity contribution in [3.05, 3.63) is 0 Å². The molecule has 0 saturated heterocycles. The van der Waals surface area contributed by atoms with Crippen molar-refractivity contribution in [1.82, 2.24) is 5.32 Å². The van der Waals surface area contributed by atoms with Gasteiger partial charge >= 0.3 is 19.8 Å². The third-order valence-corrected chi connectivity index (χ3v) is 11.9. The first-order chi connectivity index (χ1) is 27.7. The lowest BCUT2D eigenvalue weighted by atomic mass is 10.0. The van der Waals surface area contributed by atoms with E-state index in [1.807, 2.05) is 6.26 Å². The van der Waals surface area contributed by atoms with Crippen LogP contribution >= 0.6 is 19.6 Å². The van der Waals surface area contributed by atoms with Gasteiger partial charge in [-0.2, -0.15) is 11.8 Å². The van der Waals surface area contributed by atoms with Crippen LogP contribution in [-0.4, -0.2) is 67.2 Å². The maximum atomic E-state index is 12.7. The molecule has 338 valence electrons. The zero-order valence-corrected chi connectivity index (χ0v) is 38.7. The van der Waals surface area contributed by atoms with E-state index < -0.39 is 32.5 Å². The van der Waals surface area contributed by atoms with Gasteiger partial charge in [0.15, 0.2) is 6.10 Å². The number of hydrogen-bond acceptors (Lipinski definition) is 9. The summed E-state index contributed by atoms with van der Waals surface area (Å²) in [6.07, 6.45) is 38.8. The lowest BCUT2D eigenvalue weighted by molar-refractivity contribution is -0.161. The first-order valence-corrected chi connectivity index (χ1v) is 26.4. The summed E-state index contributed by atoms with van der Waals surface area (Å²) in [6, 6.07) is 0. The van der Waals surface area contributed by atoms with Gasteiger partial charge in [0.2, 0.25) is 5.91 Å². The van der Waals surface area contributed by atoms with Crippen molar-refractivity contribution in [2.24, 2.45) is 0 Å². The summed E-state index contributed by atoms with van der Waals surface area (Å²) in [4.78, 5) is 47.2. The summed E-state index contributed by atoms with van der Waals surface area (Å²) in [5.41, 5.74) is 0. The number of unbranched alkanes of at least 4 members (excludes halogenated alkanes) is 28. The number of carbonyl (C=O) groups is 3. The summed E-state index contributed by atoms with van der Waals surface area (Å²) in [6.45, 7) is 3.60. The molecule has 57 heavy (non-hydrogen) atoms. The fraction of sp³-hybridized carbons (Fsp3) is 0.933. The fourth-order valence-electron chi connectivity index (χ4n) is 6.75. The smallest absolute Gasteiger partial charge is 0.462 e. The molecule has 10 nitrogen and oxygen atoms in total. The van der Waals surface area contributed by atoms with Gasteiger partial charge in [-0.15, -0.1) is 0 Å². The molecule has 0 aromatic carbocycles. The zero-order valence-electron chi connectivity index (χ0n) is 37.0. The molecule has 0 fully saturated rings. The number of thioether (sulfide) groups is 1. The number of carbonyl (C=O) groups excluding carboxylic acids is 3. The molecule has 0 aliphatic carbocycles. The Kier molecular flexibility index (Phi) is 42.1. The molecule has 0 radical (unpaired) electrons. The van der Waals surface area contributed by atoms with Crippen molar-refractivity contribution < 1.29 is 42.4 Å². The van der Waals surface area contributed by atoms with Gasteiger partial charge < -0.3 is 19.7 Å². The largest absolute Gasteiger partial charge is 0.472 e. The standard InChI is InChI=1S/C45H88NO9PS/c1-4-6-8-10-12-14-16-18-20-22-24-26-28-30-32-34-44(48)52-40-42(41-54-56(50,51)53-38-37-46-43(47)36-39-57-3)55-45(49)35-33-31-29-27-25-23-21-19-17-15-13-11-9-7-5-2/h42H,4-41H2,1-3H3,(H,46,47)(H,50,51)/t42-/m1/s1. The molecule has 0 bridgehead atoms. The fourth-order valence-corrected chi connectivity index (χ4v) is 7.89. The van der Waals surface area contributed by atoms with E-state index in [9.17, 15) is 23.8 Å². The van der Waals surface area contributed by atoms with E-state index in [1.165, 1.54) is 148 Å². The highest BCUT2D eigenvalue weighted by Gasteiger charge is 2.26. The molecule has 0 aromatic heterocycles. The van der Waals surface area contributed by atoms with Crippen LogP contribution in [0.2, 0.25) is 0 Å². The number of phosphoric acid groups is 1. The number of phosphoric ester groups is 1. The molecule has 1 unspecified atom stereocenters. The van der Waals surface area contributed by atoms with E-state index >= 15 is 0 Å². The third kappa shape index (κ3) is 42.8. The van der Waals surface area contributed by atoms with Crippen molar-refractivity contribution in [3.8, 4) is 0 Å². The van der Waals surface area contributed by atoms with E-state index in [4.69, 9.17) is 18.5 Å². The molecule has 0 spiro atoms. The molecule has 1 amide bonds. The Morgan fingerprint density at radius 2 is 0.930 bits per heavy atom. The van der Waals surface area contributed by atoms with Crippen molar-refractivity contribution in [2.75, 3.05) is 38.4 Å². The van der Waals surface area contributed by atoms with Crippen LogP contribution in [0, 0.1) is 0 Å². The number of esters is 2. The molecule has 2 N–H and O–H groups in total. The molecule has 0 rings (SSSR count). The summed E-state index contributed by atoms with van der Waals surface area (Å²) in [5.74, 6) is -0.348. The Hall–Kier alpha value is -1.13. The second-order valence-corrected chi connectivity index (χ2v) is 18.3. The first kappa shape index (κ1) is 55.9. The van der Waals surface area contributed by atoms with Crippen molar-refractivity contribution in [2.45, 2.75) is 232 Å². The molecular weight excluding hydrogens is 762 g/mol. The summed E-state index contributed by atoms with van der Waals surface area (Å²) in [7, 11) is -4.51. The van der Waals surface area contributed by atoms with Crippen LogP contribution in [0.1, 0.15) is 226 Å². The normalized spacial score (nSPS) is 13.0. The van der Waals surface area contributed by atoms with E-state index in [0.717, 1.165) is 38.5 Å². The highest BCUT2D eigenvalue weighted by molar-refractivity contribution is 7.98. The van der Waals surface area contributed by atoms with Crippen LogP contribution in [0.4, 0.5) is 0 Å². The van der Waals surface area contributed by atoms with Gasteiger partial charge in [-0.1, -0.05) is 194 Å². The third-order valence-electron chi connectivity index (χ3n) is 10.3. The Balaban J connectivity index is 4.40. The van der Waals surface area contributed by atoms with Crippen molar-refractivity contribution in [3.63, 3.8) is 0 Å². The predicted octanol–water partition coefficient (Wildman–Crippen LogP) is 13.0. The molecule has 0 aromatic rings. The SMILES string of the molecule is CCCCCCCCCCCCCCCCCC(=O)OC[C@H](COP(=O)(O)OCCNC(=O)CCSC)OC(=O)CCCCCCCCCCCCCCCCC. The lowest BCUT2D eigenvalue weighted by Crippen LogP contribution is -2.30. The molecule has 2 atom stereocenters. The van der Waals surface area contributed by atoms with E-state index in [-0.39, 0.29) is 38.5 Å². The second-order valence-electron chi connectivity index (χ2n) is 15.9. The van der Waals surface area contributed by atoms with E-state index in [0.29, 0.717) is 18.6 Å². The molecule has 0 saturated carbocycles. The lowest BCUT2D eigenvalue weighted by Gasteiger charge is -2.20. The van der Waals surface area contributed by atoms with Gasteiger partial charge in [0.1, 0.15) is 6.61 Å². The number of ether oxygens (including phenoxy) is 2. The molecule has 0 aliphatic heterocycles. The predicted molar refractivity (Wildman–Crippen MR) is 238 cm³/mol. The minimum atomic E-state index is -4.51. The quantitative estimate of drug-likeness (QED) is 0.0346. The molecule has 0 heterocycles. The minimum absolute atomic E-state index is 0.0513. The van der Waals surface area contributed by atoms with Gasteiger partial charge in [-0.25, -0.2) is 4.57 Å². The second kappa shape index (κ2) is 43.0. The number of nitrogens with one attached hydrogen (secondary N) is 1. The Morgan fingerprint density at radius 1 is 0.544 bits per heavy atom. The van der Waals surface area contributed by atoms with Crippen LogP contribution in [0.5, 0.6) is 0 Å². The van der Waals surface area contributed by atoms with Crippen LogP contribution in [-0.2, 0) is 37.5 Å². The maximum Gasteiger partial charge on any atom is 0.472 e. The molecular formula is C45H88NO9PS. The van der Waals surface area contributed by atoms with Crippen LogP contribution in [0.15, 0.2) is 0 Å². The average molecular weight is 850 g/mol. The number of hydrogen-bond donors (Lipinski definition) is 2. The summed E-state index contributed by atoms with van der Waals surface area (Å²) >= 11 is 1.55. The van der Waals surface area contributed by atoms with Crippen LogP contribution < -0.4 is 5.32 Å². The highest BCUT2D eigenvalue weighted by Crippen LogP contribution is 2.43. The first-order valence-electron chi connectivity index (χ1n) is 23.5. The maximum absolute atomic E-state index is 12.7. The minimum Gasteiger partial charge on any atom is -0.462 e. The van der Waals surface area contributed by atoms with Gasteiger partial charge in [-0.05, 0) is 19.1 Å². The topological polar surface area (TPSA) is 137 Å². The molecule has 0 aliphatic rings. The Morgan fingerprint density at radius 3 is 1.33 bits per heavy atom. The van der Waals surface area contributed by atoms with E-state index in [2.05, 4.69) is 19.2 Å². The van der Waals surface area contributed by atoms with Gasteiger partial charge in [0.25, 0.3) is 0 Å². The monoisotopic (exact) mass is 850 g/mol. The van der Waals surface area contributed by atoms with Gasteiger partial charge in [0.05, 0.1) is 13.2 Å². The van der Waals surface area contributed by atoms with Crippen LogP contribution in [0.25, 0.3) is 0 Å². The molecule has 12 heteroatoms. The number of rotatable bonds is 45. The zero-order chi connectivity index (χ0) is 41.9. The number of amides is 1. The van der Waals surface area contributed by atoms with E-state index in [1.54, 1.807) is 11.8 Å². The van der Waals surface area contributed by atoms with Crippen molar-refractivity contribution >= 4 is 37.4 Å². The highest BCUT2D eigenvalue weighted by atomic mass is 32.2. The Bertz CT molecular complexity index is 973. The average Bonchev–Trinajstić information content (AvgIpc) is 3.19. The van der Waals surface area contributed by atoms with Gasteiger partial charge in [-0.3, -0.25) is 23.4 Å². The van der Waals surface area contributed by atoms with Crippen LogP contribution in [0.3, 0.4) is 0 Å². The van der Waals surface area contributed by atoms with Gasteiger partial charge in [0, 0.05) is 31.6 Å². The summed E-state index contributed by atoms with van der Waals surface area (Å²) < 4.78 is 33.6. The summed E-state index contributed by atoms with van der Waals surface area (Å²) in [5, 5.41) is 2.62. The Labute approximate surface area is 354 Å². The van der Waals surface area contributed by atoms with Crippen molar-refractivity contribution in [1.29, 1.82) is 0 Å².